The van der Waals surface area contributed by atoms with Crippen molar-refractivity contribution in [3.63, 3.8) is 0 Å². The van der Waals surface area contributed by atoms with Gasteiger partial charge in [-0.3, -0.25) is 4.18 Å². The minimum Gasteiger partial charge on any atom is -0.459 e. The number of halogens is 3. The van der Waals surface area contributed by atoms with Crippen LogP contribution in [0, 0.1) is 0 Å². The number of carbonyl (C=O) groups is 7. The molecule has 0 spiro atoms. The topological polar surface area (TPSA) is 255 Å². The second-order valence-corrected chi connectivity index (χ2v) is 20.5. The van der Waals surface area contributed by atoms with Crippen LogP contribution in [0.4, 0.5) is 13.2 Å². The summed E-state index contributed by atoms with van der Waals surface area (Å²) in [4.78, 5) is 100. The van der Waals surface area contributed by atoms with E-state index in [4.69, 9.17) is 47.4 Å². The summed E-state index contributed by atoms with van der Waals surface area (Å²) in [7, 11) is -6.53. The van der Waals surface area contributed by atoms with Crippen LogP contribution in [0.15, 0.2) is 212 Å². The molecular formula is C62H49F3O20S. The largest absolute Gasteiger partial charge is 0.523 e. The van der Waals surface area contributed by atoms with Crippen LogP contribution in [-0.4, -0.2) is 130 Å². The van der Waals surface area contributed by atoms with E-state index in [1.165, 1.54) is 182 Å². The van der Waals surface area contributed by atoms with Crippen LogP contribution in [0.2, 0.25) is 0 Å². The third-order valence-electron chi connectivity index (χ3n) is 13.1. The Labute approximate surface area is 488 Å². The van der Waals surface area contributed by atoms with Crippen LogP contribution in [0.3, 0.4) is 0 Å². The Morgan fingerprint density at radius 2 is 0.721 bits per heavy atom. The van der Waals surface area contributed by atoms with Gasteiger partial charge in [-0.2, -0.15) is 21.6 Å². The zero-order valence-electron chi connectivity index (χ0n) is 44.7. The molecule has 0 radical (unpaired) electrons. The number of carbonyl (C=O) groups excluding carboxylic acids is 7. The van der Waals surface area contributed by atoms with E-state index in [9.17, 15) is 55.2 Å². The summed E-state index contributed by atoms with van der Waals surface area (Å²) in [6, 6.07) is 50.1. The second kappa shape index (κ2) is 27.4. The summed E-state index contributed by atoms with van der Waals surface area (Å²) in [5.41, 5.74) is -6.99. The van der Waals surface area contributed by atoms with E-state index in [1.807, 2.05) is 0 Å². The van der Waals surface area contributed by atoms with Gasteiger partial charge in [0.2, 0.25) is 12.1 Å². The normalized spacial score (nSPS) is 21.8. The van der Waals surface area contributed by atoms with Gasteiger partial charge in [0.15, 0.2) is 30.5 Å². The molecule has 2 aliphatic rings. The summed E-state index contributed by atoms with van der Waals surface area (Å²) in [5.74, 6) is -11.4. The molecule has 0 amide bonds. The monoisotopic (exact) mass is 1200 g/mol. The van der Waals surface area contributed by atoms with Gasteiger partial charge in [-0.05, 0) is 84.9 Å². The Hall–Kier alpha value is -9.59. The maximum atomic E-state index is 14.6. The molecule has 0 N–H and O–H groups in total. The quantitative estimate of drug-likeness (QED) is 0.0283. The van der Waals surface area contributed by atoms with Crippen molar-refractivity contribution < 1.29 is 107 Å². The molecule has 0 unspecified atom stereocenters. The van der Waals surface area contributed by atoms with E-state index in [1.54, 1.807) is 30.3 Å². The highest BCUT2D eigenvalue weighted by atomic mass is 32.2. The SMILES string of the molecule is O=C(OC[C@H]1O[C@H](O[C@]2(COC(=O)c3ccccc3)O[C@H](COS(=O)(=O)C(F)(F)F)[C@@H](OC(=O)c3ccccc3)[C@@H]2OC(=O)c2ccccc2)[C@H](OC(=O)c2ccccc2)[C@@H](OC(=O)c2ccccc2)[C@@H]1OC(=O)c1ccccc1)c1ccccc1. The zero-order chi connectivity index (χ0) is 60.8. The molecule has 2 aliphatic heterocycles. The fourth-order valence-corrected chi connectivity index (χ4v) is 9.34. The third-order valence-corrected chi connectivity index (χ3v) is 14.1. The maximum absolute atomic E-state index is 14.6. The van der Waals surface area contributed by atoms with Gasteiger partial charge < -0.3 is 47.4 Å². The number of esters is 7. The van der Waals surface area contributed by atoms with Crippen LogP contribution in [0.25, 0.3) is 0 Å². The lowest BCUT2D eigenvalue weighted by molar-refractivity contribution is -0.380. The first kappa shape index (κ1) is 61.0. The molecule has 0 saturated carbocycles. The Morgan fingerprint density at radius 3 is 1.10 bits per heavy atom. The Balaban J connectivity index is 1.25. The summed E-state index contributed by atoms with van der Waals surface area (Å²) in [5, 5.41) is 0. The van der Waals surface area contributed by atoms with Gasteiger partial charge in [0.05, 0.1) is 45.6 Å². The minimum atomic E-state index is -6.53. The van der Waals surface area contributed by atoms with Gasteiger partial charge in [0.25, 0.3) is 0 Å². The average Bonchev–Trinajstić information content (AvgIpc) is 1.59. The van der Waals surface area contributed by atoms with Crippen molar-refractivity contribution in [2.24, 2.45) is 0 Å². The lowest BCUT2D eigenvalue weighted by Gasteiger charge is -2.46. The summed E-state index contributed by atoms with van der Waals surface area (Å²) in [6.45, 7) is -4.04. The molecule has 444 valence electrons. The number of alkyl halides is 3. The van der Waals surface area contributed by atoms with Crippen molar-refractivity contribution in [1.29, 1.82) is 0 Å². The minimum absolute atomic E-state index is 0.00849. The highest BCUT2D eigenvalue weighted by molar-refractivity contribution is 7.87. The van der Waals surface area contributed by atoms with Gasteiger partial charge in [0, 0.05) is 0 Å². The van der Waals surface area contributed by atoms with Crippen LogP contribution < -0.4 is 0 Å². The number of hydrogen-bond acceptors (Lipinski definition) is 20. The molecule has 0 aliphatic carbocycles. The molecule has 86 heavy (non-hydrogen) atoms. The van der Waals surface area contributed by atoms with Crippen molar-refractivity contribution in [2.75, 3.05) is 19.8 Å². The van der Waals surface area contributed by atoms with Crippen molar-refractivity contribution in [3.8, 4) is 0 Å². The van der Waals surface area contributed by atoms with Crippen LogP contribution in [-0.2, 0) is 61.7 Å². The van der Waals surface area contributed by atoms with E-state index < -0.39 is 132 Å². The maximum Gasteiger partial charge on any atom is 0.523 e. The second-order valence-electron chi connectivity index (χ2n) is 18.9. The summed E-state index contributed by atoms with van der Waals surface area (Å²) >= 11 is 0. The molecule has 0 aromatic heterocycles. The molecular weight excluding hydrogens is 1150 g/mol. The molecule has 2 heterocycles. The molecule has 7 aromatic rings. The number of hydrogen-bond donors (Lipinski definition) is 0. The Kier molecular flexibility index (Phi) is 19.4. The molecule has 20 nitrogen and oxygen atoms in total. The molecule has 7 aromatic carbocycles. The highest BCUT2D eigenvalue weighted by Gasteiger charge is 2.66. The van der Waals surface area contributed by atoms with Crippen molar-refractivity contribution >= 4 is 51.9 Å². The molecule has 9 atom stereocenters. The molecule has 2 saturated heterocycles. The van der Waals surface area contributed by atoms with Crippen LogP contribution in [0.5, 0.6) is 0 Å². The number of rotatable bonds is 21. The molecule has 24 heteroatoms. The van der Waals surface area contributed by atoms with E-state index in [0.29, 0.717) is 0 Å². The Morgan fingerprint density at radius 1 is 0.395 bits per heavy atom. The first-order chi connectivity index (χ1) is 41.4. The van der Waals surface area contributed by atoms with Crippen LogP contribution >= 0.6 is 0 Å². The van der Waals surface area contributed by atoms with Crippen molar-refractivity contribution in [3.05, 3.63) is 251 Å². The van der Waals surface area contributed by atoms with E-state index >= 15 is 0 Å². The van der Waals surface area contributed by atoms with Gasteiger partial charge >= 0.3 is 57.4 Å². The Bertz CT molecular complexity index is 3590. The average molecular weight is 1200 g/mol. The van der Waals surface area contributed by atoms with Crippen LogP contribution in [0.1, 0.15) is 72.5 Å². The number of ether oxygens (including phenoxy) is 10. The predicted octanol–water partition coefficient (Wildman–Crippen LogP) is 8.53. The van der Waals surface area contributed by atoms with Crippen molar-refractivity contribution in [2.45, 2.75) is 60.3 Å². The highest BCUT2D eigenvalue weighted by Crippen LogP contribution is 2.43. The fourth-order valence-electron chi connectivity index (χ4n) is 8.89. The van der Waals surface area contributed by atoms with Gasteiger partial charge in [-0.1, -0.05) is 127 Å². The van der Waals surface area contributed by atoms with Crippen molar-refractivity contribution in [1.82, 2.24) is 0 Å². The van der Waals surface area contributed by atoms with E-state index in [0.717, 1.165) is 0 Å². The van der Waals surface area contributed by atoms with E-state index in [2.05, 4.69) is 4.18 Å². The summed E-state index contributed by atoms with van der Waals surface area (Å²) < 4.78 is 134. The van der Waals surface area contributed by atoms with Gasteiger partial charge in [-0.25, -0.2) is 33.6 Å². The van der Waals surface area contributed by atoms with Gasteiger partial charge in [0.1, 0.15) is 25.4 Å². The smallest absolute Gasteiger partial charge is 0.459 e. The molecule has 0 bridgehead atoms. The standard InChI is InChI=1S/C62H49F3O20S/c63-62(64,65)86(73,74)77-37-47-49(80-56(69)42-28-14-4-15-29-42)52(83-59(72)45-34-20-7-21-35-45)61(84-47,38-76-54(67)40-24-10-2-11-25-40)85-60-51(82-58(71)44-32-18-6-19-33-44)50(81-57(70)43-30-16-5-17-31-43)48(79-55(68)41-26-12-3-13-27-41)46(78-60)36-75-53(66)39-22-8-1-9-23-39/h1-35,46-52,60H,36-38H2/t46-,47-,48-,49-,50+,51-,52+,60-,61+/m1/s1. The van der Waals surface area contributed by atoms with Gasteiger partial charge in [-0.15, -0.1) is 0 Å². The summed E-state index contributed by atoms with van der Waals surface area (Å²) in [6.07, 6.45) is -18.0. The fraction of sp³-hybridized carbons (Fsp3) is 0.210. The first-order valence-corrected chi connectivity index (χ1v) is 27.5. The molecule has 9 rings (SSSR count). The molecule has 2 fully saturated rings. The predicted molar refractivity (Wildman–Crippen MR) is 290 cm³/mol. The lowest BCUT2D eigenvalue weighted by Crippen LogP contribution is -2.66. The first-order valence-electron chi connectivity index (χ1n) is 26.1. The van der Waals surface area contributed by atoms with E-state index in [-0.39, 0.29) is 38.9 Å². The lowest BCUT2D eigenvalue weighted by atomic mass is 9.97. The third kappa shape index (κ3) is 14.8. The number of benzene rings is 7. The zero-order valence-corrected chi connectivity index (χ0v) is 45.5.